The van der Waals surface area contributed by atoms with Crippen LogP contribution in [0.4, 0.5) is 10.5 Å². The van der Waals surface area contributed by atoms with Crippen molar-refractivity contribution >= 4 is 23.5 Å². The molecule has 1 atom stereocenters. The molecule has 9 nitrogen and oxygen atoms in total. The quantitative estimate of drug-likeness (QED) is 0.480. The molecule has 0 bridgehead atoms. The van der Waals surface area contributed by atoms with Gasteiger partial charge in [-0.05, 0) is 67.3 Å². The maximum absolute atomic E-state index is 13.9. The minimum atomic E-state index is -0.580. The highest BCUT2D eigenvalue weighted by molar-refractivity contribution is 6.00. The van der Waals surface area contributed by atoms with E-state index in [1.807, 2.05) is 48.5 Å². The molecule has 2 saturated heterocycles. The Morgan fingerprint density at radius 1 is 1.00 bits per heavy atom. The van der Waals surface area contributed by atoms with E-state index in [1.165, 1.54) is 0 Å². The van der Waals surface area contributed by atoms with Crippen molar-refractivity contribution in [2.24, 2.45) is 0 Å². The molecule has 0 aliphatic carbocycles. The van der Waals surface area contributed by atoms with E-state index in [0.29, 0.717) is 49.7 Å². The summed E-state index contributed by atoms with van der Waals surface area (Å²) in [6.07, 6.45) is 4.05. The zero-order valence-electron chi connectivity index (χ0n) is 21.1. The van der Waals surface area contributed by atoms with Gasteiger partial charge in [-0.2, -0.15) is 0 Å². The first kappa shape index (κ1) is 25.3. The molecule has 1 aromatic heterocycles. The lowest BCUT2D eigenvalue weighted by atomic mass is 10.0. The third-order valence-corrected chi connectivity index (χ3v) is 6.79. The Labute approximate surface area is 221 Å². The Hall–Kier alpha value is -4.40. The van der Waals surface area contributed by atoms with Crippen molar-refractivity contribution in [2.45, 2.75) is 38.5 Å². The van der Waals surface area contributed by atoms with Gasteiger partial charge in [0.2, 0.25) is 5.91 Å². The van der Waals surface area contributed by atoms with E-state index in [4.69, 9.17) is 4.74 Å². The largest absolute Gasteiger partial charge is 0.487 e. The summed E-state index contributed by atoms with van der Waals surface area (Å²) in [4.78, 5) is 46.6. The van der Waals surface area contributed by atoms with Gasteiger partial charge in [0.25, 0.3) is 5.91 Å². The molecule has 0 saturated carbocycles. The normalized spacial score (nSPS) is 17.4. The molecule has 3 heterocycles. The summed E-state index contributed by atoms with van der Waals surface area (Å²) in [5.41, 5.74) is 2.82. The van der Waals surface area contributed by atoms with Gasteiger partial charge in [-0.3, -0.25) is 19.5 Å². The number of carbonyl (C=O) groups is 3. The number of pyridine rings is 1. The molecule has 38 heavy (non-hydrogen) atoms. The van der Waals surface area contributed by atoms with Gasteiger partial charge in [0.05, 0.1) is 5.69 Å². The smallest absolute Gasteiger partial charge is 0.321 e. The van der Waals surface area contributed by atoms with Gasteiger partial charge in [-0.15, -0.1) is 0 Å². The third kappa shape index (κ3) is 5.94. The Morgan fingerprint density at radius 2 is 1.87 bits per heavy atom. The number of ether oxygens (including phenoxy) is 1. The highest BCUT2D eigenvalue weighted by atomic mass is 16.5. The van der Waals surface area contributed by atoms with Crippen molar-refractivity contribution < 1.29 is 19.1 Å². The molecule has 2 N–H and O–H groups in total. The second kappa shape index (κ2) is 11.8. The number of aromatic nitrogens is 1. The number of hydrogen-bond acceptors (Lipinski definition) is 5. The Bertz CT molecular complexity index is 1280. The van der Waals surface area contributed by atoms with Gasteiger partial charge in [-0.1, -0.05) is 24.3 Å². The van der Waals surface area contributed by atoms with E-state index in [1.54, 1.807) is 34.2 Å². The second-order valence-corrected chi connectivity index (χ2v) is 9.42. The van der Waals surface area contributed by atoms with Crippen molar-refractivity contribution in [2.75, 3.05) is 24.5 Å². The maximum atomic E-state index is 13.9. The topological polar surface area (TPSA) is 104 Å². The summed E-state index contributed by atoms with van der Waals surface area (Å²) in [5.74, 6) is 0.311. The molecule has 2 aromatic carbocycles. The summed E-state index contributed by atoms with van der Waals surface area (Å²) in [7, 11) is 0. The Kier molecular flexibility index (Phi) is 7.82. The van der Waals surface area contributed by atoms with E-state index < -0.39 is 6.04 Å². The first-order valence-electron chi connectivity index (χ1n) is 12.9. The molecule has 5 rings (SSSR count). The zero-order chi connectivity index (χ0) is 26.3. The first-order chi connectivity index (χ1) is 18.6. The van der Waals surface area contributed by atoms with Crippen LogP contribution in [0.5, 0.6) is 5.75 Å². The number of anilines is 1. The molecular weight excluding hydrogens is 482 g/mol. The number of hydrogen-bond donors (Lipinski definition) is 2. The van der Waals surface area contributed by atoms with E-state index in [2.05, 4.69) is 15.6 Å². The molecule has 2 aliphatic heterocycles. The SMILES string of the molecule is O=C1NCCCC[C@@H]1N(Cc1ccc(OCc2ccccn2)cc1)C(=O)c1cccc(N2CCNC2=O)c1. The van der Waals surface area contributed by atoms with Crippen LogP contribution in [0.25, 0.3) is 0 Å². The summed E-state index contributed by atoms with van der Waals surface area (Å²) < 4.78 is 5.84. The number of nitrogens with one attached hydrogen (secondary N) is 2. The average Bonchev–Trinajstić information content (AvgIpc) is 3.28. The fourth-order valence-electron chi connectivity index (χ4n) is 4.76. The van der Waals surface area contributed by atoms with Crippen molar-refractivity contribution in [3.63, 3.8) is 0 Å². The summed E-state index contributed by atoms with van der Waals surface area (Å²) in [6, 6.07) is 19.5. The van der Waals surface area contributed by atoms with E-state index in [0.717, 1.165) is 24.1 Å². The summed E-state index contributed by atoms with van der Waals surface area (Å²) >= 11 is 0. The molecule has 2 aliphatic rings. The molecule has 196 valence electrons. The average molecular weight is 514 g/mol. The van der Waals surface area contributed by atoms with Crippen LogP contribution in [0.2, 0.25) is 0 Å². The fourth-order valence-corrected chi connectivity index (χ4v) is 4.76. The number of carbonyl (C=O) groups excluding carboxylic acids is 3. The van der Waals surface area contributed by atoms with Gasteiger partial charge < -0.3 is 20.3 Å². The minimum Gasteiger partial charge on any atom is -0.487 e. The van der Waals surface area contributed by atoms with Gasteiger partial charge in [0.1, 0.15) is 18.4 Å². The first-order valence-corrected chi connectivity index (χ1v) is 12.9. The van der Waals surface area contributed by atoms with Crippen LogP contribution in [0.15, 0.2) is 72.9 Å². The van der Waals surface area contributed by atoms with Crippen LogP contribution in [0.1, 0.15) is 40.9 Å². The number of nitrogens with zero attached hydrogens (tertiary/aromatic N) is 3. The van der Waals surface area contributed by atoms with Crippen molar-refractivity contribution in [3.05, 3.63) is 89.7 Å². The molecule has 4 amide bonds. The predicted molar refractivity (Wildman–Crippen MR) is 143 cm³/mol. The van der Waals surface area contributed by atoms with Crippen molar-refractivity contribution in [1.82, 2.24) is 20.5 Å². The number of benzene rings is 2. The predicted octanol–water partition coefficient (Wildman–Crippen LogP) is 3.50. The summed E-state index contributed by atoms with van der Waals surface area (Å²) in [5, 5.41) is 5.74. The van der Waals surface area contributed by atoms with Crippen LogP contribution in [-0.2, 0) is 17.9 Å². The zero-order valence-corrected chi connectivity index (χ0v) is 21.1. The highest BCUT2D eigenvalue weighted by Crippen LogP contribution is 2.24. The number of urea groups is 1. The van der Waals surface area contributed by atoms with Gasteiger partial charge >= 0.3 is 6.03 Å². The van der Waals surface area contributed by atoms with E-state index in [9.17, 15) is 14.4 Å². The lowest BCUT2D eigenvalue weighted by Gasteiger charge is -2.30. The van der Waals surface area contributed by atoms with Gasteiger partial charge in [-0.25, -0.2) is 4.79 Å². The van der Waals surface area contributed by atoms with Crippen molar-refractivity contribution in [3.8, 4) is 5.75 Å². The Balaban J connectivity index is 1.36. The van der Waals surface area contributed by atoms with Crippen LogP contribution in [0, 0.1) is 0 Å². The summed E-state index contributed by atoms with van der Waals surface area (Å²) in [6.45, 7) is 2.34. The molecule has 2 fully saturated rings. The lowest BCUT2D eigenvalue weighted by Crippen LogP contribution is -2.48. The van der Waals surface area contributed by atoms with Gasteiger partial charge in [0.15, 0.2) is 0 Å². The van der Waals surface area contributed by atoms with Crippen LogP contribution in [-0.4, -0.2) is 53.4 Å². The molecule has 0 radical (unpaired) electrons. The van der Waals surface area contributed by atoms with E-state index >= 15 is 0 Å². The molecule has 9 heteroatoms. The fraction of sp³-hybridized carbons (Fsp3) is 0.310. The van der Waals surface area contributed by atoms with Crippen LogP contribution < -0.4 is 20.3 Å². The lowest BCUT2D eigenvalue weighted by molar-refractivity contribution is -0.125. The standard InChI is InChI=1S/C29H31N5O4/c35-27-26(9-2-4-15-31-27)34(28(36)22-6-5-8-24(18-22)33-17-16-32-29(33)37)19-21-10-12-25(13-11-21)38-20-23-7-1-3-14-30-23/h1,3,5-8,10-14,18,26H,2,4,9,15-17,19-20H2,(H,31,35)(H,32,37)/t26-/m0/s1. The Morgan fingerprint density at radius 3 is 2.63 bits per heavy atom. The monoisotopic (exact) mass is 513 g/mol. The van der Waals surface area contributed by atoms with Crippen LogP contribution in [0.3, 0.4) is 0 Å². The number of amides is 4. The van der Waals surface area contributed by atoms with Gasteiger partial charge in [0, 0.05) is 43.6 Å². The maximum Gasteiger partial charge on any atom is 0.321 e. The third-order valence-electron chi connectivity index (χ3n) is 6.79. The molecule has 0 spiro atoms. The minimum absolute atomic E-state index is 0.138. The second-order valence-electron chi connectivity index (χ2n) is 9.42. The van der Waals surface area contributed by atoms with Crippen LogP contribution >= 0.6 is 0 Å². The molecule has 3 aromatic rings. The molecular formula is C29H31N5O4. The highest BCUT2D eigenvalue weighted by Gasteiger charge is 2.32. The molecule has 0 unspecified atom stereocenters. The number of rotatable bonds is 8. The van der Waals surface area contributed by atoms with E-state index in [-0.39, 0.29) is 24.4 Å². The van der Waals surface area contributed by atoms with Crippen molar-refractivity contribution in [1.29, 1.82) is 0 Å².